The van der Waals surface area contributed by atoms with Crippen LogP contribution in [0.2, 0.25) is 0 Å². The molecule has 0 saturated carbocycles. The van der Waals surface area contributed by atoms with Gasteiger partial charge in [0.05, 0.1) is 12.2 Å². The van der Waals surface area contributed by atoms with Gasteiger partial charge in [0, 0.05) is 55.4 Å². The van der Waals surface area contributed by atoms with Crippen molar-refractivity contribution in [3.05, 3.63) is 47.7 Å². The zero-order valence-corrected chi connectivity index (χ0v) is 16.7. The number of piperazine rings is 1. The molecule has 0 unspecified atom stereocenters. The molecular formula is C22H26N6O. The van der Waals surface area contributed by atoms with Crippen LogP contribution in [0.25, 0.3) is 10.8 Å². The molecule has 0 spiro atoms. The van der Waals surface area contributed by atoms with Crippen molar-refractivity contribution < 1.29 is 5.11 Å². The van der Waals surface area contributed by atoms with Gasteiger partial charge in [0.2, 0.25) is 5.95 Å². The van der Waals surface area contributed by atoms with Crippen molar-refractivity contribution >= 4 is 28.2 Å². The van der Waals surface area contributed by atoms with Crippen LogP contribution in [0.3, 0.4) is 0 Å². The highest BCUT2D eigenvalue weighted by atomic mass is 16.3. The number of nitrogens with zero attached hydrogens (tertiary/aromatic N) is 5. The molecule has 5 rings (SSSR count). The number of benzene rings is 2. The third-order valence-electron chi connectivity index (χ3n) is 6.04. The SMILES string of the molecule is CN1CCN(c2nc(N)c3c(n2)CN(c2cc(O)cc4ccccc24)CC3)CC1. The lowest BCUT2D eigenvalue weighted by molar-refractivity contribution is 0.311. The molecule has 29 heavy (non-hydrogen) atoms. The molecule has 1 aromatic heterocycles. The van der Waals surface area contributed by atoms with Crippen LogP contribution < -0.4 is 15.5 Å². The Morgan fingerprint density at radius 1 is 0.966 bits per heavy atom. The third-order valence-corrected chi connectivity index (χ3v) is 6.04. The largest absolute Gasteiger partial charge is 0.508 e. The van der Waals surface area contributed by atoms with E-state index < -0.39 is 0 Å². The average Bonchev–Trinajstić information content (AvgIpc) is 2.73. The number of likely N-dealkylation sites (N-methyl/N-ethyl adjacent to an activating group) is 1. The van der Waals surface area contributed by atoms with Crippen LogP contribution in [0.1, 0.15) is 11.3 Å². The summed E-state index contributed by atoms with van der Waals surface area (Å²) in [4.78, 5) is 16.3. The second kappa shape index (κ2) is 7.08. The van der Waals surface area contributed by atoms with Crippen LogP contribution in [0.15, 0.2) is 36.4 Å². The minimum Gasteiger partial charge on any atom is -0.508 e. The van der Waals surface area contributed by atoms with Crippen LogP contribution in [-0.4, -0.2) is 59.7 Å². The molecule has 3 heterocycles. The molecule has 150 valence electrons. The highest BCUT2D eigenvalue weighted by molar-refractivity contribution is 5.95. The van der Waals surface area contributed by atoms with Crippen LogP contribution in [-0.2, 0) is 13.0 Å². The first kappa shape index (κ1) is 18.0. The van der Waals surface area contributed by atoms with Gasteiger partial charge in [-0.1, -0.05) is 24.3 Å². The van der Waals surface area contributed by atoms with E-state index in [4.69, 9.17) is 10.7 Å². The Balaban J connectivity index is 1.49. The van der Waals surface area contributed by atoms with Crippen molar-refractivity contribution in [3.63, 3.8) is 0 Å². The maximum atomic E-state index is 10.2. The fourth-order valence-electron chi connectivity index (χ4n) is 4.34. The molecule has 2 aliphatic heterocycles. The monoisotopic (exact) mass is 390 g/mol. The number of rotatable bonds is 2. The molecule has 1 saturated heterocycles. The van der Waals surface area contributed by atoms with Gasteiger partial charge in [-0.25, -0.2) is 4.98 Å². The fraction of sp³-hybridized carbons (Fsp3) is 0.364. The molecule has 7 heteroatoms. The van der Waals surface area contributed by atoms with E-state index in [0.717, 1.165) is 72.8 Å². The summed E-state index contributed by atoms with van der Waals surface area (Å²) in [6.07, 6.45) is 0.800. The summed E-state index contributed by atoms with van der Waals surface area (Å²) in [6.45, 7) is 5.31. The van der Waals surface area contributed by atoms with Crippen LogP contribution in [0.4, 0.5) is 17.5 Å². The Labute approximate surface area is 170 Å². The number of nitrogen functional groups attached to an aromatic ring is 1. The van der Waals surface area contributed by atoms with Crippen molar-refractivity contribution in [1.29, 1.82) is 0 Å². The summed E-state index contributed by atoms with van der Waals surface area (Å²) in [7, 11) is 2.14. The number of phenolic OH excluding ortho intramolecular Hbond substituents is 1. The summed E-state index contributed by atoms with van der Waals surface area (Å²) < 4.78 is 0. The van der Waals surface area contributed by atoms with Crippen molar-refractivity contribution in [3.8, 4) is 5.75 Å². The van der Waals surface area contributed by atoms with Gasteiger partial charge < -0.3 is 25.5 Å². The molecule has 0 atom stereocenters. The number of nitrogens with two attached hydrogens (primary N) is 1. The second-order valence-corrected chi connectivity index (χ2v) is 7.98. The standard InChI is InChI=1S/C22H26N6O/c1-26-8-10-27(11-9-26)22-24-19-14-28(7-6-18(19)21(23)25-22)20-13-16(29)12-15-4-2-3-5-17(15)20/h2-5,12-13,29H,6-11,14H2,1H3,(H2,23,24,25). The topological polar surface area (TPSA) is 81.8 Å². The van der Waals surface area contributed by atoms with E-state index in [-0.39, 0.29) is 5.75 Å². The van der Waals surface area contributed by atoms with Crippen molar-refractivity contribution in [2.24, 2.45) is 0 Å². The first-order valence-corrected chi connectivity index (χ1v) is 10.1. The minimum absolute atomic E-state index is 0.282. The van der Waals surface area contributed by atoms with Gasteiger partial charge in [0.1, 0.15) is 11.6 Å². The molecule has 0 bridgehead atoms. The molecular weight excluding hydrogens is 364 g/mol. The maximum Gasteiger partial charge on any atom is 0.227 e. The van der Waals surface area contributed by atoms with Crippen LogP contribution in [0.5, 0.6) is 5.75 Å². The summed E-state index contributed by atoms with van der Waals surface area (Å²) in [5.74, 6) is 1.62. The third kappa shape index (κ3) is 3.31. The van der Waals surface area contributed by atoms with E-state index in [9.17, 15) is 5.11 Å². The Bertz CT molecular complexity index is 1060. The zero-order chi connectivity index (χ0) is 20.0. The molecule has 2 aromatic carbocycles. The van der Waals surface area contributed by atoms with Crippen molar-refractivity contribution in [1.82, 2.24) is 14.9 Å². The van der Waals surface area contributed by atoms with E-state index in [1.807, 2.05) is 30.3 Å². The van der Waals surface area contributed by atoms with Crippen molar-refractivity contribution in [2.45, 2.75) is 13.0 Å². The van der Waals surface area contributed by atoms with E-state index in [0.29, 0.717) is 12.4 Å². The lowest BCUT2D eigenvalue weighted by Crippen LogP contribution is -2.45. The molecule has 0 aliphatic carbocycles. The van der Waals surface area contributed by atoms with E-state index in [2.05, 4.69) is 32.8 Å². The van der Waals surface area contributed by atoms with E-state index >= 15 is 0 Å². The lowest BCUT2D eigenvalue weighted by Gasteiger charge is -2.35. The molecule has 0 amide bonds. The normalized spacial score (nSPS) is 17.6. The van der Waals surface area contributed by atoms with Gasteiger partial charge in [0.15, 0.2) is 0 Å². The smallest absolute Gasteiger partial charge is 0.227 e. The average molecular weight is 390 g/mol. The number of hydrogen-bond acceptors (Lipinski definition) is 7. The summed E-state index contributed by atoms with van der Waals surface area (Å²) in [5, 5.41) is 12.4. The number of phenols is 1. The van der Waals surface area contributed by atoms with Crippen LogP contribution >= 0.6 is 0 Å². The number of hydrogen-bond donors (Lipinski definition) is 2. The summed E-state index contributed by atoms with van der Waals surface area (Å²) in [6, 6.07) is 11.8. The zero-order valence-electron chi connectivity index (χ0n) is 16.7. The summed E-state index contributed by atoms with van der Waals surface area (Å²) in [5.41, 5.74) is 9.41. The minimum atomic E-state index is 0.282. The Kier molecular flexibility index (Phi) is 4.39. The summed E-state index contributed by atoms with van der Waals surface area (Å²) >= 11 is 0. The molecule has 3 N–H and O–H groups in total. The van der Waals surface area contributed by atoms with Gasteiger partial charge in [-0.05, 0) is 24.9 Å². The molecule has 7 nitrogen and oxygen atoms in total. The number of aromatic hydroxyl groups is 1. The van der Waals surface area contributed by atoms with Gasteiger partial charge in [-0.3, -0.25) is 0 Å². The first-order chi connectivity index (χ1) is 14.1. The van der Waals surface area contributed by atoms with Gasteiger partial charge in [-0.2, -0.15) is 4.98 Å². The first-order valence-electron chi connectivity index (χ1n) is 10.1. The van der Waals surface area contributed by atoms with E-state index in [1.54, 1.807) is 0 Å². The highest BCUT2D eigenvalue weighted by Gasteiger charge is 2.25. The number of anilines is 3. The van der Waals surface area contributed by atoms with E-state index in [1.165, 1.54) is 0 Å². The van der Waals surface area contributed by atoms with Crippen LogP contribution in [0, 0.1) is 0 Å². The predicted octanol–water partition coefficient (Wildman–Crippen LogP) is 2.23. The molecule has 2 aliphatic rings. The molecule has 0 radical (unpaired) electrons. The maximum absolute atomic E-state index is 10.2. The second-order valence-electron chi connectivity index (χ2n) is 7.98. The van der Waals surface area contributed by atoms with Gasteiger partial charge in [0.25, 0.3) is 0 Å². The Morgan fingerprint density at radius 2 is 1.76 bits per heavy atom. The molecule has 3 aromatic rings. The van der Waals surface area contributed by atoms with Gasteiger partial charge >= 0.3 is 0 Å². The quantitative estimate of drug-likeness (QED) is 0.694. The Hall–Kier alpha value is -3.06. The fourth-order valence-corrected chi connectivity index (χ4v) is 4.34. The highest BCUT2D eigenvalue weighted by Crippen LogP contribution is 2.35. The number of fused-ring (bicyclic) bond motifs is 2. The Morgan fingerprint density at radius 3 is 2.59 bits per heavy atom. The van der Waals surface area contributed by atoms with Gasteiger partial charge in [-0.15, -0.1) is 0 Å². The lowest BCUT2D eigenvalue weighted by atomic mass is 10.0. The number of aromatic nitrogens is 2. The molecule has 1 fully saturated rings. The predicted molar refractivity (Wildman–Crippen MR) is 117 cm³/mol. The van der Waals surface area contributed by atoms with Crippen molar-refractivity contribution in [2.75, 3.05) is 55.3 Å².